The lowest BCUT2D eigenvalue weighted by Crippen LogP contribution is -2.34. The number of rotatable bonds is 7. The van der Waals surface area contributed by atoms with Crippen molar-refractivity contribution < 1.29 is 22.7 Å². The number of nitrogens with one attached hydrogen (secondary N) is 1. The Hall–Kier alpha value is -1.47. The number of hydrogen-bond donors (Lipinski definition) is 2. The number of aliphatic carboxylic acids is 1. The molecule has 0 spiro atoms. The molecule has 5 nitrogen and oxygen atoms in total. The molecule has 1 aromatic carbocycles. The van der Waals surface area contributed by atoms with Crippen LogP contribution in [0.25, 0.3) is 0 Å². The molecule has 0 saturated heterocycles. The van der Waals surface area contributed by atoms with Gasteiger partial charge >= 0.3 is 5.97 Å². The third-order valence-corrected chi connectivity index (χ3v) is 4.44. The van der Waals surface area contributed by atoms with Crippen molar-refractivity contribution in [1.29, 1.82) is 0 Å². The van der Waals surface area contributed by atoms with Gasteiger partial charge in [-0.2, -0.15) is 0 Å². The van der Waals surface area contributed by atoms with Crippen LogP contribution in [-0.4, -0.2) is 26.0 Å². The molecule has 0 fully saturated rings. The van der Waals surface area contributed by atoms with E-state index in [0.29, 0.717) is 12.0 Å². The first-order valence-corrected chi connectivity index (χ1v) is 8.10. The quantitative estimate of drug-likeness (QED) is 0.807. The van der Waals surface area contributed by atoms with E-state index in [0.717, 1.165) is 6.07 Å². The fourth-order valence-corrected chi connectivity index (χ4v) is 3.19. The molecule has 1 atom stereocenters. The number of aryl methyl sites for hydroxylation is 1. The second-order valence-electron chi connectivity index (χ2n) is 5.45. The van der Waals surface area contributed by atoms with Gasteiger partial charge in [-0.15, -0.1) is 0 Å². The minimum Gasteiger partial charge on any atom is -0.481 e. The van der Waals surface area contributed by atoms with Crippen LogP contribution in [0.5, 0.6) is 0 Å². The highest BCUT2D eigenvalue weighted by atomic mass is 32.2. The van der Waals surface area contributed by atoms with Crippen molar-refractivity contribution in [1.82, 2.24) is 4.72 Å². The van der Waals surface area contributed by atoms with Crippen LogP contribution in [0.2, 0.25) is 0 Å². The van der Waals surface area contributed by atoms with Crippen molar-refractivity contribution in [3.8, 4) is 0 Å². The molecule has 0 aromatic heterocycles. The van der Waals surface area contributed by atoms with Crippen molar-refractivity contribution in [2.24, 2.45) is 11.8 Å². The Kier molecular flexibility index (Phi) is 5.86. The van der Waals surface area contributed by atoms with E-state index in [1.165, 1.54) is 12.1 Å². The van der Waals surface area contributed by atoms with Gasteiger partial charge in [0, 0.05) is 6.54 Å². The Labute approximate surface area is 124 Å². The van der Waals surface area contributed by atoms with E-state index >= 15 is 0 Å². The summed E-state index contributed by atoms with van der Waals surface area (Å²) < 4.78 is 40.0. The summed E-state index contributed by atoms with van der Waals surface area (Å²) in [5, 5.41) is 9.08. The van der Waals surface area contributed by atoms with Gasteiger partial charge in [0.15, 0.2) is 0 Å². The minimum atomic E-state index is -4.07. The zero-order valence-corrected chi connectivity index (χ0v) is 13.1. The van der Waals surface area contributed by atoms with Crippen molar-refractivity contribution in [3.63, 3.8) is 0 Å². The van der Waals surface area contributed by atoms with E-state index in [2.05, 4.69) is 4.72 Å². The molecule has 1 unspecified atom stereocenters. The SMILES string of the molecule is Cc1ccc(F)c(S(=O)(=O)NCC(CC(C)C)C(=O)O)c1. The molecule has 0 amide bonds. The smallest absolute Gasteiger partial charge is 0.307 e. The predicted octanol–water partition coefficient (Wildman–Crippen LogP) is 2.16. The number of carbonyl (C=O) groups is 1. The second-order valence-corrected chi connectivity index (χ2v) is 7.19. The highest BCUT2D eigenvalue weighted by Gasteiger charge is 2.24. The summed E-state index contributed by atoms with van der Waals surface area (Å²) in [4.78, 5) is 10.6. The summed E-state index contributed by atoms with van der Waals surface area (Å²) in [7, 11) is -4.07. The maximum absolute atomic E-state index is 13.6. The van der Waals surface area contributed by atoms with Gasteiger partial charge in [-0.05, 0) is 37.0 Å². The molecule has 0 bridgehead atoms. The van der Waals surface area contributed by atoms with Crippen molar-refractivity contribution in [3.05, 3.63) is 29.6 Å². The Balaban J connectivity index is 2.89. The van der Waals surface area contributed by atoms with Crippen molar-refractivity contribution in [2.75, 3.05) is 6.54 Å². The number of sulfonamides is 1. The van der Waals surface area contributed by atoms with Gasteiger partial charge in [-0.25, -0.2) is 17.5 Å². The van der Waals surface area contributed by atoms with Crippen molar-refractivity contribution in [2.45, 2.75) is 32.1 Å². The minimum absolute atomic E-state index is 0.117. The van der Waals surface area contributed by atoms with Gasteiger partial charge in [0.05, 0.1) is 5.92 Å². The summed E-state index contributed by atoms with van der Waals surface area (Å²) in [6.45, 7) is 5.09. The second kappa shape index (κ2) is 7.00. The summed E-state index contributed by atoms with van der Waals surface area (Å²) >= 11 is 0. The molecule has 0 heterocycles. The van der Waals surface area contributed by atoms with E-state index < -0.39 is 32.6 Å². The average Bonchev–Trinajstić information content (AvgIpc) is 2.36. The molecule has 0 aliphatic carbocycles. The Bertz CT molecular complexity index is 613. The highest BCUT2D eigenvalue weighted by molar-refractivity contribution is 7.89. The Morgan fingerprint density at radius 2 is 2.00 bits per heavy atom. The summed E-state index contributed by atoms with van der Waals surface area (Å²) in [6.07, 6.45) is 0.341. The number of carboxylic acid groups (broad SMARTS) is 1. The lowest BCUT2D eigenvalue weighted by atomic mass is 9.98. The maximum atomic E-state index is 13.6. The first-order chi connectivity index (χ1) is 9.63. The molecule has 0 saturated carbocycles. The molecule has 1 rings (SSSR count). The molecule has 1 aromatic rings. The average molecular weight is 317 g/mol. The fourth-order valence-electron chi connectivity index (χ4n) is 1.95. The van der Waals surface area contributed by atoms with Crippen LogP contribution in [0.4, 0.5) is 4.39 Å². The highest BCUT2D eigenvalue weighted by Crippen LogP contribution is 2.17. The van der Waals surface area contributed by atoms with Gasteiger partial charge in [0.1, 0.15) is 10.7 Å². The molecule has 7 heteroatoms. The zero-order chi connectivity index (χ0) is 16.2. The largest absolute Gasteiger partial charge is 0.481 e. The standard InChI is InChI=1S/C14H20FNO4S/c1-9(2)6-11(14(17)18)8-16-21(19,20)13-7-10(3)4-5-12(13)15/h4-5,7,9,11,16H,6,8H2,1-3H3,(H,17,18). The van der Waals surface area contributed by atoms with Gasteiger partial charge in [-0.1, -0.05) is 19.9 Å². The maximum Gasteiger partial charge on any atom is 0.307 e. The Morgan fingerprint density at radius 1 is 1.38 bits per heavy atom. The van der Waals surface area contributed by atoms with Crippen molar-refractivity contribution >= 4 is 16.0 Å². The molecule has 0 aliphatic rings. The van der Waals surface area contributed by atoms with Crippen LogP contribution in [-0.2, 0) is 14.8 Å². The zero-order valence-electron chi connectivity index (χ0n) is 12.3. The molecule has 21 heavy (non-hydrogen) atoms. The van der Waals surface area contributed by atoms with Crippen LogP contribution in [0, 0.1) is 24.6 Å². The summed E-state index contributed by atoms with van der Waals surface area (Å²) in [5.74, 6) is -2.65. The van der Waals surface area contributed by atoms with E-state index in [1.807, 2.05) is 13.8 Å². The lowest BCUT2D eigenvalue weighted by molar-refractivity contribution is -0.142. The van der Waals surface area contributed by atoms with Crippen LogP contribution < -0.4 is 4.72 Å². The third kappa shape index (κ3) is 5.09. The summed E-state index contributed by atoms with van der Waals surface area (Å²) in [5.41, 5.74) is 0.605. The van der Waals surface area contributed by atoms with E-state index in [-0.39, 0.29) is 12.5 Å². The molecular formula is C14H20FNO4S. The summed E-state index contributed by atoms with van der Waals surface area (Å²) in [6, 6.07) is 3.76. The monoisotopic (exact) mass is 317 g/mol. The Morgan fingerprint density at radius 3 is 2.52 bits per heavy atom. The molecule has 0 radical (unpaired) electrons. The number of benzene rings is 1. The fraction of sp³-hybridized carbons (Fsp3) is 0.500. The van der Waals surface area contributed by atoms with E-state index in [1.54, 1.807) is 6.92 Å². The molecule has 2 N–H and O–H groups in total. The number of hydrogen-bond acceptors (Lipinski definition) is 3. The van der Waals surface area contributed by atoms with E-state index in [9.17, 15) is 17.6 Å². The first-order valence-electron chi connectivity index (χ1n) is 6.62. The van der Waals surface area contributed by atoms with E-state index in [4.69, 9.17) is 5.11 Å². The lowest BCUT2D eigenvalue weighted by Gasteiger charge is -2.16. The van der Waals surface area contributed by atoms with Gasteiger partial charge < -0.3 is 5.11 Å². The van der Waals surface area contributed by atoms with Gasteiger partial charge in [0.2, 0.25) is 10.0 Å². The normalized spacial score (nSPS) is 13.4. The topological polar surface area (TPSA) is 83.5 Å². The first kappa shape index (κ1) is 17.6. The van der Waals surface area contributed by atoms with Gasteiger partial charge in [-0.3, -0.25) is 4.79 Å². The molecule has 118 valence electrons. The van der Waals surface area contributed by atoms with Crippen LogP contribution in [0.15, 0.2) is 23.1 Å². The third-order valence-electron chi connectivity index (χ3n) is 3.00. The van der Waals surface area contributed by atoms with Crippen LogP contribution in [0.3, 0.4) is 0 Å². The van der Waals surface area contributed by atoms with Gasteiger partial charge in [0.25, 0.3) is 0 Å². The predicted molar refractivity (Wildman–Crippen MR) is 76.9 cm³/mol. The number of carboxylic acids is 1. The molecule has 0 aliphatic heterocycles. The van der Waals surface area contributed by atoms with Crippen LogP contribution in [0.1, 0.15) is 25.8 Å². The molecular weight excluding hydrogens is 297 g/mol. The van der Waals surface area contributed by atoms with Crippen LogP contribution >= 0.6 is 0 Å². The number of halogens is 1.